The van der Waals surface area contributed by atoms with Gasteiger partial charge in [-0.3, -0.25) is 18.7 Å². The largest absolute Gasteiger partial charge is 1.00 e. The van der Waals surface area contributed by atoms with Gasteiger partial charge in [0.1, 0.15) is 0 Å². The molecule has 2 saturated heterocycles. The molecule has 4 aliphatic rings. The predicted octanol–water partition coefficient (Wildman–Crippen LogP) is 6.43. The number of carbonyl (C=O) groups excluding carboxylic acids is 2. The van der Waals surface area contributed by atoms with Crippen molar-refractivity contribution in [1.82, 2.24) is 9.80 Å². The second kappa shape index (κ2) is 22.9. The predicted molar refractivity (Wildman–Crippen MR) is 211 cm³/mol. The normalized spacial score (nSPS) is 20.6. The standard InChI is InChI=1S/C18H24ClNO4S.C17H21ClN4O.2CH4.N3.Na/c1-25(22,23)24-13-14-4-2-11-20(12-14)17(21)18(9-3-10-18)15-5-7-16(19)8-6-15;18-15-6-4-14(5-7-15)17(8-2-9-17)16(23)22-10-1-3-13(12-22)11-20-21-19;;;1-3-2;/h5-8,14H,2-4,9-13H2,1H3;4-7,13H,1-3,8-12H2;2*1H4;;/q;;;;-1;+1/t14-;13-;;;;/m10..../s1. The van der Waals surface area contributed by atoms with Crippen LogP contribution in [0.4, 0.5) is 0 Å². The first-order valence-corrected chi connectivity index (χ1v) is 19.9. The zero-order chi connectivity index (χ0) is 37.1. The van der Waals surface area contributed by atoms with Crippen LogP contribution >= 0.6 is 23.2 Å². The van der Waals surface area contributed by atoms with E-state index in [4.69, 9.17) is 44.0 Å². The van der Waals surface area contributed by atoms with Crippen molar-refractivity contribution in [3.05, 3.63) is 96.1 Å². The molecule has 17 heteroatoms. The van der Waals surface area contributed by atoms with E-state index >= 15 is 0 Å². The van der Waals surface area contributed by atoms with Crippen LogP contribution in [0.15, 0.2) is 53.6 Å². The maximum absolute atomic E-state index is 13.3. The van der Waals surface area contributed by atoms with Crippen LogP contribution in [0.25, 0.3) is 26.4 Å². The van der Waals surface area contributed by atoms with Crippen molar-refractivity contribution >= 4 is 45.1 Å². The Morgan fingerprint density at radius 2 is 1.17 bits per heavy atom. The summed E-state index contributed by atoms with van der Waals surface area (Å²) in [6.45, 7) is 3.42. The number of carbonyl (C=O) groups is 2. The van der Waals surface area contributed by atoms with Crippen LogP contribution in [0.3, 0.4) is 0 Å². The molecular weight excluding hydrogens is 762 g/mol. The molecule has 0 radical (unpaired) electrons. The second-order valence-electron chi connectivity index (χ2n) is 13.9. The van der Waals surface area contributed by atoms with E-state index in [1.54, 1.807) is 0 Å². The number of rotatable bonds is 9. The number of halogens is 2. The Kier molecular flexibility index (Phi) is 21.0. The molecule has 292 valence electrons. The van der Waals surface area contributed by atoms with Crippen molar-refractivity contribution < 1.29 is 51.7 Å². The summed E-state index contributed by atoms with van der Waals surface area (Å²) in [5.41, 5.74) is 23.3. The smallest absolute Gasteiger partial charge is 0.373 e. The summed E-state index contributed by atoms with van der Waals surface area (Å²) in [6.07, 6.45) is 10.5. The number of amides is 2. The number of nitrogens with zero attached hydrogens (tertiary/aromatic N) is 8. The van der Waals surface area contributed by atoms with Gasteiger partial charge in [-0.05, 0) is 98.2 Å². The molecular formula is C37H53Cl2N8NaO5S. The van der Waals surface area contributed by atoms with Crippen molar-refractivity contribution in [1.29, 1.82) is 0 Å². The van der Waals surface area contributed by atoms with Gasteiger partial charge in [-0.15, -0.1) is 0 Å². The van der Waals surface area contributed by atoms with Gasteiger partial charge in [0, 0.05) is 53.6 Å². The van der Waals surface area contributed by atoms with Crippen LogP contribution in [0.5, 0.6) is 0 Å². The van der Waals surface area contributed by atoms with Crippen LogP contribution in [-0.2, 0) is 34.7 Å². The van der Waals surface area contributed by atoms with Crippen LogP contribution in [-0.4, -0.2) is 75.6 Å². The quantitative estimate of drug-likeness (QED) is 0.0925. The molecule has 2 amide bonds. The summed E-state index contributed by atoms with van der Waals surface area (Å²) < 4.78 is 27.3. The molecule has 54 heavy (non-hydrogen) atoms. The molecule has 0 aromatic heterocycles. The zero-order valence-corrected chi connectivity index (χ0v) is 34.2. The Morgan fingerprint density at radius 1 is 0.778 bits per heavy atom. The van der Waals surface area contributed by atoms with Gasteiger partial charge < -0.3 is 20.9 Å². The number of benzene rings is 2. The van der Waals surface area contributed by atoms with Crippen molar-refractivity contribution in [3.63, 3.8) is 0 Å². The molecule has 2 saturated carbocycles. The fourth-order valence-corrected chi connectivity index (χ4v) is 8.30. The Hall–Kier alpha value is -2.51. The molecule has 4 fully saturated rings. The molecule has 2 heterocycles. The summed E-state index contributed by atoms with van der Waals surface area (Å²) in [7, 11) is -3.45. The molecule has 13 nitrogen and oxygen atoms in total. The van der Waals surface area contributed by atoms with E-state index in [0.29, 0.717) is 29.7 Å². The van der Waals surface area contributed by atoms with Crippen molar-refractivity contribution in [2.45, 2.75) is 89.9 Å². The molecule has 0 N–H and O–H groups in total. The van der Waals surface area contributed by atoms with Crippen molar-refractivity contribution in [3.8, 4) is 0 Å². The van der Waals surface area contributed by atoms with E-state index in [0.717, 1.165) is 94.7 Å². The Morgan fingerprint density at radius 3 is 1.52 bits per heavy atom. The monoisotopic (exact) mass is 814 g/mol. The van der Waals surface area contributed by atoms with Gasteiger partial charge in [-0.1, -0.05) is 80.3 Å². The minimum Gasteiger partial charge on any atom is -0.373 e. The maximum atomic E-state index is 13.3. The molecule has 2 aromatic rings. The van der Waals surface area contributed by atoms with E-state index in [2.05, 4.69) is 10.0 Å². The molecule has 0 spiro atoms. The maximum Gasteiger partial charge on any atom is 1.00 e. The number of likely N-dealkylation sites (tertiary alicyclic amines) is 2. The zero-order valence-electron chi connectivity index (χ0n) is 29.9. The Balaban J connectivity index is 0.000000480. The first-order chi connectivity index (χ1) is 24.4. The SMILES string of the molecule is C.C.CS(=O)(=O)OC[C@@H]1CCCN(C(=O)C2(c3ccc(Cl)cc3)CCC2)C1.[N-]=[N+]=NC[C@@H]1CCCN(C(=O)C2(c3ccc(Cl)cc3)CCC2)C1.[N-]=[N+]=[N-].[Na+]. The van der Waals surface area contributed by atoms with Gasteiger partial charge in [0.25, 0.3) is 10.1 Å². The van der Waals surface area contributed by atoms with Crippen molar-refractivity contribution in [2.75, 3.05) is 45.6 Å². The van der Waals surface area contributed by atoms with Gasteiger partial charge in [0.15, 0.2) is 0 Å². The third-order valence-electron chi connectivity index (χ3n) is 10.6. The fraction of sp³-hybridized carbons (Fsp3) is 0.622. The van der Waals surface area contributed by atoms with Gasteiger partial charge in [0.05, 0.1) is 23.7 Å². The van der Waals surface area contributed by atoms with Crippen LogP contribution < -0.4 is 29.6 Å². The topological polar surface area (TPSA) is 191 Å². The molecule has 6 rings (SSSR count). The molecule has 0 bridgehead atoms. The minimum atomic E-state index is -3.45. The molecule has 2 aromatic carbocycles. The summed E-state index contributed by atoms with van der Waals surface area (Å²) in [5.74, 6) is 0.738. The fourth-order valence-electron chi connectivity index (χ4n) is 7.61. The molecule has 2 aliphatic carbocycles. The number of hydrogen-bond donors (Lipinski definition) is 0. The summed E-state index contributed by atoms with van der Waals surface area (Å²) in [6, 6.07) is 15.3. The molecule has 0 unspecified atom stereocenters. The average Bonchev–Trinajstić information content (AvgIpc) is 3.07. The molecule has 2 aliphatic heterocycles. The van der Waals surface area contributed by atoms with Gasteiger partial charge in [-0.25, -0.2) is 0 Å². The average molecular weight is 816 g/mol. The third-order valence-corrected chi connectivity index (χ3v) is 11.6. The summed E-state index contributed by atoms with van der Waals surface area (Å²) in [4.78, 5) is 34.7. The van der Waals surface area contributed by atoms with Crippen LogP contribution in [0.1, 0.15) is 90.2 Å². The van der Waals surface area contributed by atoms with Crippen LogP contribution in [0, 0.1) is 11.8 Å². The van der Waals surface area contributed by atoms with Gasteiger partial charge in [-0.2, -0.15) is 8.42 Å². The number of azide groups is 1. The summed E-state index contributed by atoms with van der Waals surface area (Å²) >= 11 is 12.0. The molecule has 2 atom stereocenters. The van der Waals surface area contributed by atoms with E-state index in [1.807, 2.05) is 58.3 Å². The number of hydrogen-bond acceptors (Lipinski definition) is 6. The van der Waals surface area contributed by atoms with E-state index in [-0.39, 0.29) is 80.1 Å². The minimum absolute atomic E-state index is 0. The van der Waals surface area contributed by atoms with Crippen LogP contribution in [0.2, 0.25) is 10.0 Å². The summed E-state index contributed by atoms with van der Waals surface area (Å²) in [5, 5.41) is 5.05. The first-order valence-electron chi connectivity index (χ1n) is 17.3. The van der Waals surface area contributed by atoms with E-state index in [9.17, 15) is 18.0 Å². The first kappa shape index (κ1) is 49.5. The van der Waals surface area contributed by atoms with Gasteiger partial charge in [0.2, 0.25) is 11.8 Å². The number of piperidine rings is 2. The third kappa shape index (κ3) is 12.8. The van der Waals surface area contributed by atoms with E-state index in [1.165, 1.54) is 4.91 Å². The Bertz CT molecular complexity index is 1700. The van der Waals surface area contributed by atoms with Gasteiger partial charge >= 0.3 is 29.6 Å². The second-order valence-corrected chi connectivity index (χ2v) is 16.4. The van der Waals surface area contributed by atoms with E-state index < -0.39 is 15.5 Å². The van der Waals surface area contributed by atoms with Crippen molar-refractivity contribution in [2.24, 2.45) is 17.0 Å². The Labute approximate surface area is 352 Å².